The van der Waals surface area contributed by atoms with Crippen LogP contribution >= 0.6 is 31.9 Å². The van der Waals surface area contributed by atoms with Crippen molar-refractivity contribution in [3.8, 4) is 0 Å². The first-order chi connectivity index (χ1) is 8.79. The molecule has 0 saturated carbocycles. The van der Waals surface area contributed by atoms with Gasteiger partial charge in [-0.3, -0.25) is 0 Å². The number of aliphatic imine (C=N–C) groups is 1. The van der Waals surface area contributed by atoms with E-state index in [0.29, 0.717) is 6.42 Å². The van der Waals surface area contributed by atoms with Crippen molar-refractivity contribution >= 4 is 36.5 Å². The van der Waals surface area contributed by atoms with Gasteiger partial charge in [0.2, 0.25) is 0 Å². The van der Waals surface area contributed by atoms with Crippen molar-refractivity contribution in [2.45, 2.75) is 33.2 Å². The zero-order chi connectivity index (χ0) is 14.6. The molecule has 2 nitrogen and oxygen atoms in total. The van der Waals surface area contributed by atoms with E-state index in [1.54, 1.807) is 0 Å². The highest BCUT2D eigenvalue weighted by molar-refractivity contribution is 9.18. The number of aryl methyl sites for hydroxylation is 1. The van der Waals surface area contributed by atoms with Crippen molar-refractivity contribution in [2.75, 3.05) is 0 Å². The molecule has 0 fully saturated rings. The quantitative estimate of drug-likeness (QED) is 0.756. The topological polar surface area (TPSA) is 38.4 Å². The van der Waals surface area contributed by atoms with E-state index >= 15 is 0 Å². The summed E-state index contributed by atoms with van der Waals surface area (Å²) in [5.74, 6) is -0.233. The van der Waals surface area contributed by atoms with Gasteiger partial charge in [0.15, 0.2) is 0 Å². The van der Waals surface area contributed by atoms with Crippen LogP contribution in [0.4, 0.5) is 4.39 Å². The van der Waals surface area contributed by atoms with Gasteiger partial charge < -0.3 is 5.73 Å². The molecule has 1 rings (SSSR count). The lowest BCUT2D eigenvalue weighted by Gasteiger charge is -2.14. The van der Waals surface area contributed by atoms with Crippen LogP contribution in [-0.4, -0.2) is 10.7 Å². The van der Waals surface area contributed by atoms with Crippen LogP contribution in [-0.2, 0) is 6.42 Å². The normalized spacial score (nSPS) is 15.2. The number of nitrogens with two attached hydrogens (primary N) is 1. The monoisotopic (exact) mass is 390 g/mol. The average molecular weight is 392 g/mol. The van der Waals surface area contributed by atoms with Crippen molar-refractivity contribution in [3.05, 3.63) is 45.3 Å². The Labute approximate surface area is 130 Å². The molecule has 0 bridgehead atoms. The molecule has 19 heavy (non-hydrogen) atoms. The Morgan fingerprint density at radius 1 is 1.32 bits per heavy atom. The summed E-state index contributed by atoms with van der Waals surface area (Å²) in [6, 6.07) is 4.67. The van der Waals surface area contributed by atoms with Gasteiger partial charge in [-0.2, -0.15) is 0 Å². The first kappa shape index (κ1) is 16.5. The Balaban J connectivity index is 2.97. The smallest absolute Gasteiger partial charge is 0.123 e. The molecule has 0 aliphatic heterocycles. The second kappa shape index (κ2) is 7.31. The molecular weight excluding hydrogens is 375 g/mol. The van der Waals surface area contributed by atoms with E-state index < -0.39 is 0 Å². The second-order valence-corrected chi connectivity index (χ2v) is 6.81. The van der Waals surface area contributed by atoms with Gasteiger partial charge in [0.05, 0.1) is 16.4 Å². The van der Waals surface area contributed by atoms with E-state index in [4.69, 9.17) is 5.73 Å². The largest absolute Gasteiger partial charge is 0.322 e. The first-order valence-electron chi connectivity index (χ1n) is 5.88. The molecule has 0 spiro atoms. The Morgan fingerprint density at radius 3 is 2.42 bits per heavy atom. The van der Waals surface area contributed by atoms with E-state index in [2.05, 4.69) is 36.9 Å². The van der Waals surface area contributed by atoms with Gasteiger partial charge >= 0.3 is 0 Å². The Bertz CT molecular complexity index is 496. The summed E-state index contributed by atoms with van der Waals surface area (Å²) < 4.78 is 15.0. The van der Waals surface area contributed by atoms with Crippen LogP contribution < -0.4 is 5.73 Å². The molecule has 0 aliphatic rings. The fourth-order valence-corrected chi connectivity index (χ4v) is 2.44. The molecule has 1 aromatic carbocycles. The van der Waals surface area contributed by atoms with Gasteiger partial charge in [-0.25, -0.2) is 9.38 Å². The zero-order valence-electron chi connectivity index (χ0n) is 11.2. The molecule has 5 heteroatoms. The second-order valence-electron chi connectivity index (χ2n) is 4.48. The number of allylic oxidation sites excluding steroid dienone is 1. The minimum Gasteiger partial charge on any atom is -0.322 e. The van der Waals surface area contributed by atoms with Crippen LogP contribution in [0.5, 0.6) is 0 Å². The highest BCUT2D eigenvalue weighted by atomic mass is 79.9. The minimum atomic E-state index is -0.284. The fraction of sp³-hybridized carbons (Fsp3) is 0.357. The van der Waals surface area contributed by atoms with Gasteiger partial charge in [-0.05, 0) is 66.4 Å². The van der Waals surface area contributed by atoms with Crippen LogP contribution in [0.25, 0.3) is 0 Å². The van der Waals surface area contributed by atoms with E-state index in [9.17, 15) is 4.39 Å². The lowest BCUT2D eigenvalue weighted by molar-refractivity contribution is 0.622. The van der Waals surface area contributed by atoms with E-state index in [1.165, 1.54) is 12.1 Å². The molecule has 1 atom stereocenters. The Kier molecular flexibility index (Phi) is 6.36. The van der Waals surface area contributed by atoms with E-state index in [-0.39, 0.29) is 11.9 Å². The lowest BCUT2D eigenvalue weighted by Crippen LogP contribution is -2.25. The van der Waals surface area contributed by atoms with Gasteiger partial charge in [-0.1, -0.05) is 22.0 Å². The molecule has 0 aromatic heterocycles. The van der Waals surface area contributed by atoms with Crippen LogP contribution in [0.1, 0.15) is 25.0 Å². The number of hydrogen-bond acceptors (Lipinski definition) is 2. The molecule has 0 amide bonds. The molecule has 0 saturated heterocycles. The van der Waals surface area contributed by atoms with Gasteiger partial charge in [-0.15, -0.1) is 0 Å². The van der Waals surface area contributed by atoms with Crippen LogP contribution in [0.2, 0.25) is 0 Å². The molecule has 1 unspecified atom stereocenters. The van der Waals surface area contributed by atoms with Crippen molar-refractivity contribution in [1.82, 2.24) is 0 Å². The SMILES string of the molecule is CC(Br)=N/C(=C(\C)Br)C(N)Cc1cc(C)cc(F)c1. The van der Waals surface area contributed by atoms with Crippen LogP contribution in [0.15, 0.2) is 33.4 Å². The summed E-state index contributed by atoms with van der Waals surface area (Å²) >= 11 is 6.71. The molecular formula is C14H17Br2FN2. The third-order valence-corrected chi connectivity index (χ3v) is 3.12. The molecule has 2 N–H and O–H groups in total. The lowest BCUT2D eigenvalue weighted by atomic mass is 10.0. The average Bonchev–Trinajstić information content (AvgIpc) is 2.23. The zero-order valence-corrected chi connectivity index (χ0v) is 14.3. The van der Waals surface area contributed by atoms with Gasteiger partial charge in [0, 0.05) is 4.48 Å². The summed E-state index contributed by atoms with van der Waals surface area (Å²) in [6.45, 7) is 5.60. The Morgan fingerprint density at radius 2 is 1.95 bits per heavy atom. The van der Waals surface area contributed by atoms with Crippen LogP contribution in [0.3, 0.4) is 0 Å². The summed E-state index contributed by atoms with van der Waals surface area (Å²) in [5, 5.41) is 0. The number of halogens is 3. The number of benzene rings is 1. The summed E-state index contributed by atoms with van der Waals surface area (Å²) in [4.78, 5) is 4.36. The summed E-state index contributed by atoms with van der Waals surface area (Å²) in [5.41, 5.74) is 8.69. The molecule has 0 heterocycles. The Hall–Kier alpha value is -0.520. The first-order valence-corrected chi connectivity index (χ1v) is 7.47. The highest BCUT2D eigenvalue weighted by Gasteiger charge is 2.13. The van der Waals surface area contributed by atoms with Crippen molar-refractivity contribution in [3.63, 3.8) is 0 Å². The molecule has 0 radical (unpaired) electrons. The van der Waals surface area contributed by atoms with Gasteiger partial charge in [0.1, 0.15) is 5.82 Å². The fourth-order valence-electron chi connectivity index (χ4n) is 1.86. The maximum absolute atomic E-state index is 13.4. The third kappa shape index (κ3) is 5.55. The van der Waals surface area contributed by atoms with Crippen molar-refractivity contribution in [2.24, 2.45) is 10.7 Å². The summed E-state index contributed by atoms with van der Waals surface area (Å²) in [6.07, 6.45) is 0.542. The van der Waals surface area contributed by atoms with Crippen molar-refractivity contribution in [1.29, 1.82) is 0 Å². The maximum Gasteiger partial charge on any atom is 0.123 e. The predicted octanol–water partition coefficient (Wildman–Crippen LogP) is 4.44. The van der Waals surface area contributed by atoms with E-state index in [1.807, 2.05) is 26.8 Å². The maximum atomic E-state index is 13.4. The molecule has 104 valence electrons. The van der Waals surface area contributed by atoms with E-state index in [0.717, 1.165) is 25.9 Å². The van der Waals surface area contributed by atoms with Gasteiger partial charge in [0.25, 0.3) is 0 Å². The predicted molar refractivity (Wildman–Crippen MR) is 86.5 cm³/mol. The van der Waals surface area contributed by atoms with Crippen molar-refractivity contribution < 1.29 is 4.39 Å². The number of rotatable bonds is 4. The number of hydrogen-bond donors (Lipinski definition) is 1. The molecule has 1 aromatic rings. The number of nitrogens with zero attached hydrogens (tertiary/aromatic N) is 1. The molecule has 0 aliphatic carbocycles. The minimum absolute atomic E-state index is 0.233. The third-order valence-electron chi connectivity index (χ3n) is 2.54. The standard InChI is InChI=1S/C14H17Br2FN2/c1-8-4-11(6-12(17)5-8)7-13(18)14(9(2)15)19-10(3)16/h4-6,13H,7,18H2,1-3H3/b14-9+,19-10?. The summed E-state index contributed by atoms with van der Waals surface area (Å²) in [7, 11) is 0. The highest BCUT2D eigenvalue weighted by Crippen LogP contribution is 2.20. The van der Waals surface area contributed by atoms with Crippen LogP contribution in [0, 0.1) is 12.7 Å².